The van der Waals surface area contributed by atoms with Gasteiger partial charge in [0.15, 0.2) is 0 Å². The van der Waals surface area contributed by atoms with Crippen LogP contribution in [0.15, 0.2) is 10.6 Å². The summed E-state index contributed by atoms with van der Waals surface area (Å²) in [5.74, 6) is 0. The van der Waals surface area contributed by atoms with E-state index in [1.807, 2.05) is 13.8 Å². The fourth-order valence-corrected chi connectivity index (χ4v) is 0.871. The first-order valence-corrected chi connectivity index (χ1v) is 3.48. The maximum absolute atomic E-state index is 5.39. The van der Waals surface area contributed by atoms with Gasteiger partial charge in [0.05, 0.1) is 5.60 Å². The molecule has 52 valence electrons. The molecular weight excluding hydrogens is 159 g/mol. The number of hydrogen-bond donors (Lipinski definition) is 0. The van der Waals surface area contributed by atoms with Gasteiger partial charge in [0.25, 0.3) is 0 Å². The van der Waals surface area contributed by atoms with Crippen molar-refractivity contribution in [1.82, 2.24) is 0 Å². The number of halogens is 2. The van der Waals surface area contributed by atoms with Crippen LogP contribution in [-0.2, 0) is 4.74 Å². The van der Waals surface area contributed by atoms with Gasteiger partial charge >= 0.3 is 0 Å². The molecule has 1 nitrogen and oxygen atoms in total. The Morgan fingerprint density at radius 2 is 2.00 bits per heavy atom. The lowest BCUT2D eigenvalue weighted by molar-refractivity contribution is 0.333. The van der Waals surface area contributed by atoms with E-state index in [1.54, 1.807) is 6.08 Å². The van der Waals surface area contributed by atoms with E-state index in [2.05, 4.69) is 0 Å². The molecule has 1 rings (SSSR count). The second-order valence-electron chi connectivity index (χ2n) is 2.60. The Kier molecular flexibility index (Phi) is 1.77. The van der Waals surface area contributed by atoms with Gasteiger partial charge in [-0.25, -0.2) is 0 Å². The second-order valence-corrected chi connectivity index (χ2v) is 3.61. The van der Waals surface area contributed by atoms with E-state index in [9.17, 15) is 0 Å². The van der Waals surface area contributed by atoms with Gasteiger partial charge < -0.3 is 4.74 Å². The van der Waals surface area contributed by atoms with Crippen LogP contribution in [0.5, 0.6) is 0 Å². The predicted molar refractivity (Wildman–Crippen MR) is 38.7 cm³/mol. The second kappa shape index (κ2) is 2.15. The number of hydrogen-bond acceptors (Lipinski definition) is 1. The third-order valence-electron chi connectivity index (χ3n) is 1.34. The molecule has 0 N–H and O–H groups in total. The molecule has 1 atom stereocenters. The van der Waals surface area contributed by atoms with E-state index >= 15 is 0 Å². The van der Waals surface area contributed by atoms with Crippen molar-refractivity contribution in [3.8, 4) is 0 Å². The first kappa shape index (κ1) is 7.39. The Balaban J connectivity index is 2.45. The zero-order valence-corrected chi connectivity index (χ0v) is 6.83. The van der Waals surface area contributed by atoms with Crippen LogP contribution in [0.2, 0.25) is 0 Å². The summed E-state index contributed by atoms with van der Waals surface area (Å²) in [7, 11) is 0. The zero-order chi connectivity index (χ0) is 7.07. The number of ether oxygens (including phenoxy) is 1. The van der Waals surface area contributed by atoms with Crippen molar-refractivity contribution < 1.29 is 4.74 Å². The van der Waals surface area contributed by atoms with Crippen molar-refractivity contribution in [2.75, 3.05) is 0 Å². The van der Waals surface area contributed by atoms with Gasteiger partial charge in [-0.15, -0.1) is 0 Å². The van der Waals surface area contributed by atoms with Crippen LogP contribution in [0, 0.1) is 0 Å². The summed E-state index contributed by atoms with van der Waals surface area (Å²) in [4.78, 5) is 0. The summed E-state index contributed by atoms with van der Waals surface area (Å²) < 4.78 is 5.45. The monoisotopic (exact) mass is 166 g/mol. The van der Waals surface area contributed by atoms with Gasteiger partial charge in [-0.1, -0.05) is 23.2 Å². The fourth-order valence-electron chi connectivity index (χ4n) is 0.642. The topological polar surface area (TPSA) is 12.5 Å². The molecule has 1 aliphatic rings. The Labute approximate surface area is 64.6 Å². The molecule has 9 heavy (non-hydrogen) atoms. The summed E-state index contributed by atoms with van der Waals surface area (Å²) in [6, 6.07) is 0. The molecule has 1 heterocycles. The van der Waals surface area contributed by atoms with Crippen molar-refractivity contribution in [3.05, 3.63) is 10.6 Å². The largest absolute Gasteiger partial charge is 0.362 e. The minimum atomic E-state index is -0.0466. The maximum atomic E-state index is 5.39. The molecule has 0 spiro atoms. The molecule has 3 heteroatoms. The highest BCUT2D eigenvalue weighted by Crippen LogP contribution is 2.37. The fraction of sp³-hybridized carbons (Fsp3) is 0.667. The van der Waals surface area contributed by atoms with Crippen LogP contribution >= 0.6 is 23.2 Å². The highest BCUT2D eigenvalue weighted by atomic mass is 35.5. The zero-order valence-electron chi connectivity index (χ0n) is 5.32. The van der Waals surface area contributed by atoms with Crippen molar-refractivity contribution in [3.63, 3.8) is 0 Å². The quantitative estimate of drug-likeness (QED) is 0.546. The smallest absolute Gasteiger partial charge is 0.107 e. The highest BCUT2D eigenvalue weighted by Gasteiger charge is 2.46. The molecule has 0 bridgehead atoms. The van der Waals surface area contributed by atoms with Gasteiger partial charge in [-0.05, 0) is 19.9 Å². The molecule has 0 aliphatic carbocycles. The molecule has 1 aliphatic heterocycles. The summed E-state index contributed by atoms with van der Waals surface area (Å²) in [6.45, 7) is 3.98. The van der Waals surface area contributed by atoms with E-state index in [1.165, 1.54) is 0 Å². The lowest BCUT2D eigenvalue weighted by Gasteiger charge is -1.87. The Morgan fingerprint density at radius 3 is 2.11 bits per heavy atom. The molecule has 0 radical (unpaired) electrons. The van der Waals surface area contributed by atoms with Crippen LogP contribution in [-0.4, -0.2) is 11.7 Å². The average molecular weight is 167 g/mol. The molecule has 1 unspecified atom stereocenters. The predicted octanol–water partition coefficient (Wildman–Crippen LogP) is 2.48. The number of rotatable bonds is 1. The molecule has 0 aromatic heterocycles. The van der Waals surface area contributed by atoms with Gasteiger partial charge in [0, 0.05) is 0 Å². The third-order valence-corrected chi connectivity index (χ3v) is 1.59. The first-order chi connectivity index (χ1) is 4.02. The highest BCUT2D eigenvalue weighted by molar-refractivity contribution is 6.55. The van der Waals surface area contributed by atoms with E-state index in [4.69, 9.17) is 27.9 Å². The van der Waals surface area contributed by atoms with E-state index < -0.39 is 0 Å². The molecule has 0 saturated carbocycles. The minimum Gasteiger partial charge on any atom is -0.362 e. The van der Waals surface area contributed by atoms with E-state index in [0.29, 0.717) is 0 Å². The van der Waals surface area contributed by atoms with Crippen molar-refractivity contribution >= 4 is 23.2 Å². The molecule has 0 aromatic rings. The minimum absolute atomic E-state index is 0.0466. The Morgan fingerprint density at radius 1 is 1.56 bits per heavy atom. The van der Waals surface area contributed by atoms with E-state index in [0.717, 1.165) is 0 Å². The summed E-state index contributed by atoms with van der Waals surface area (Å²) in [6.07, 6.45) is 1.81. The standard InChI is InChI=1S/C6H8Cl2O/c1-6(2)4(9-6)3-5(7)8/h3-4H,1-2H3. The van der Waals surface area contributed by atoms with E-state index in [-0.39, 0.29) is 16.2 Å². The SMILES string of the molecule is CC1(C)OC1C=C(Cl)Cl. The lowest BCUT2D eigenvalue weighted by Crippen LogP contribution is -1.99. The summed E-state index contributed by atoms with van der Waals surface area (Å²) in [5, 5.41) is 0. The summed E-state index contributed by atoms with van der Waals surface area (Å²) in [5.41, 5.74) is -0.0466. The van der Waals surface area contributed by atoms with Gasteiger partial charge in [0.2, 0.25) is 0 Å². The van der Waals surface area contributed by atoms with Crippen LogP contribution in [0.4, 0.5) is 0 Å². The molecule has 0 amide bonds. The normalized spacial score (nSPS) is 29.6. The third kappa shape index (κ3) is 1.85. The average Bonchev–Trinajstić information content (AvgIpc) is 2.10. The van der Waals surface area contributed by atoms with Crippen LogP contribution < -0.4 is 0 Å². The van der Waals surface area contributed by atoms with Crippen molar-refractivity contribution in [2.24, 2.45) is 0 Å². The van der Waals surface area contributed by atoms with Gasteiger partial charge in [0.1, 0.15) is 10.6 Å². The van der Waals surface area contributed by atoms with Crippen LogP contribution in [0.25, 0.3) is 0 Å². The van der Waals surface area contributed by atoms with Crippen molar-refractivity contribution in [1.29, 1.82) is 0 Å². The maximum Gasteiger partial charge on any atom is 0.107 e. The summed E-state index contributed by atoms with van der Waals surface area (Å²) >= 11 is 10.8. The van der Waals surface area contributed by atoms with Crippen LogP contribution in [0.3, 0.4) is 0 Å². The Bertz CT molecular complexity index is 147. The number of epoxide rings is 1. The van der Waals surface area contributed by atoms with Gasteiger partial charge in [-0.2, -0.15) is 0 Å². The van der Waals surface area contributed by atoms with Gasteiger partial charge in [-0.3, -0.25) is 0 Å². The molecule has 0 aromatic carbocycles. The molecular formula is C6H8Cl2O. The molecule has 1 fully saturated rings. The van der Waals surface area contributed by atoms with Crippen molar-refractivity contribution in [2.45, 2.75) is 25.6 Å². The molecule has 1 saturated heterocycles. The van der Waals surface area contributed by atoms with Crippen LogP contribution in [0.1, 0.15) is 13.8 Å². The lowest BCUT2D eigenvalue weighted by atomic mass is 10.1. The first-order valence-electron chi connectivity index (χ1n) is 2.73. The Hall–Kier alpha value is 0.280.